The predicted molar refractivity (Wildman–Crippen MR) is 112 cm³/mol. The number of thioether (sulfide) groups is 1. The lowest BCUT2D eigenvalue weighted by Gasteiger charge is -2.18. The molecule has 0 aliphatic carbocycles. The summed E-state index contributed by atoms with van der Waals surface area (Å²) in [5.41, 5.74) is 10.4. The Morgan fingerprint density at radius 2 is 2.04 bits per heavy atom. The van der Waals surface area contributed by atoms with Gasteiger partial charge in [0.25, 0.3) is 0 Å². The average molecular weight is 402 g/mol. The molecule has 0 saturated carbocycles. The van der Waals surface area contributed by atoms with Crippen molar-refractivity contribution in [3.8, 4) is 11.3 Å². The van der Waals surface area contributed by atoms with Crippen LogP contribution in [-0.2, 0) is 11.3 Å². The van der Waals surface area contributed by atoms with Crippen molar-refractivity contribution >= 4 is 22.8 Å². The first-order valence-electron chi connectivity index (χ1n) is 9.45. The molecule has 3 N–H and O–H groups in total. The van der Waals surface area contributed by atoms with Crippen molar-refractivity contribution in [3.05, 3.63) is 40.1 Å². The summed E-state index contributed by atoms with van der Waals surface area (Å²) in [6, 6.07) is 5.78. The molecule has 3 rings (SSSR count). The highest BCUT2D eigenvalue weighted by molar-refractivity contribution is 8.13. The van der Waals surface area contributed by atoms with Crippen LogP contribution in [0.25, 0.3) is 11.3 Å². The van der Waals surface area contributed by atoms with Crippen molar-refractivity contribution in [2.45, 2.75) is 38.3 Å². The van der Waals surface area contributed by atoms with Gasteiger partial charge in [-0.3, -0.25) is 15.4 Å². The van der Waals surface area contributed by atoms with Crippen LogP contribution in [0.3, 0.4) is 0 Å². The lowest BCUT2D eigenvalue weighted by molar-refractivity contribution is -0.581. The first-order chi connectivity index (χ1) is 13.3. The van der Waals surface area contributed by atoms with Gasteiger partial charge >= 0.3 is 5.95 Å². The minimum absolute atomic E-state index is 0.0180. The number of nitrogens with zero attached hydrogens (tertiary/aromatic N) is 3. The molecule has 0 radical (unpaired) electrons. The number of aromatic nitrogens is 2. The lowest BCUT2D eigenvalue weighted by atomic mass is 9.97. The second kappa shape index (κ2) is 8.89. The zero-order valence-corrected chi connectivity index (χ0v) is 17.4. The molecule has 2 aromatic rings. The summed E-state index contributed by atoms with van der Waals surface area (Å²) in [5.74, 6) is -0.151. The number of hydrogen-bond donors (Lipinski definition) is 2. The van der Waals surface area contributed by atoms with Gasteiger partial charge in [0, 0.05) is 18.2 Å². The van der Waals surface area contributed by atoms with Gasteiger partial charge in [0.1, 0.15) is 5.69 Å². The minimum Gasteiger partial charge on any atom is -0.740 e. The molecule has 0 spiro atoms. The highest BCUT2D eigenvalue weighted by atomic mass is 32.2. The van der Waals surface area contributed by atoms with Crippen LogP contribution >= 0.6 is 11.8 Å². The zero-order chi connectivity index (χ0) is 20.3. The lowest BCUT2D eigenvalue weighted by Crippen LogP contribution is -2.35. The third-order valence-corrected chi connectivity index (χ3v) is 5.72. The van der Waals surface area contributed by atoms with E-state index in [0.29, 0.717) is 22.0 Å². The number of rotatable bonds is 0. The fraction of sp³-hybridized carbons (Fsp3) is 0.450. The van der Waals surface area contributed by atoms with E-state index >= 15 is 0 Å². The Morgan fingerprint density at radius 3 is 2.82 bits per heavy atom. The normalized spacial score (nSPS) is 16.9. The number of hydrogen-bond acceptors (Lipinski definition) is 7. The molecule has 0 fully saturated rings. The molecular formula is C20H27N5O2S. The summed E-state index contributed by atoms with van der Waals surface area (Å²) >= 11 is 1.03. The van der Waals surface area contributed by atoms with E-state index in [9.17, 15) is 10.0 Å². The maximum absolute atomic E-state index is 12.6. The molecule has 1 aromatic heterocycles. The van der Waals surface area contributed by atoms with E-state index in [2.05, 4.69) is 23.3 Å². The van der Waals surface area contributed by atoms with Gasteiger partial charge in [-0.15, -0.1) is 0 Å². The Labute approximate surface area is 169 Å². The van der Waals surface area contributed by atoms with Gasteiger partial charge in [-0.2, -0.15) is 0 Å². The smallest absolute Gasteiger partial charge is 0.391 e. The molecule has 0 saturated heterocycles. The summed E-state index contributed by atoms with van der Waals surface area (Å²) in [6.45, 7) is 6.89. The van der Waals surface area contributed by atoms with E-state index in [1.165, 1.54) is 5.56 Å². The van der Waals surface area contributed by atoms with Gasteiger partial charge in [0.15, 0.2) is 5.03 Å². The molecule has 0 unspecified atom stereocenters. The molecule has 150 valence electrons. The Morgan fingerprint density at radius 1 is 1.25 bits per heavy atom. The van der Waals surface area contributed by atoms with E-state index in [-0.39, 0.29) is 11.1 Å². The monoisotopic (exact) mass is 401 g/mol. The van der Waals surface area contributed by atoms with Crippen LogP contribution < -0.4 is 15.8 Å². The molecule has 7 nitrogen and oxygen atoms in total. The topological polar surface area (TPSA) is 98.2 Å². The fourth-order valence-electron chi connectivity index (χ4n) is 3.40. The van der Waals surface area contributed by atoms with Crippen molar-refractivity contribution in [2.24, 2.45) is 0 Å². The third-order valence-electron chi connectivity index (χ3n) is 4.95. The van der Waals surface area contributed by atoms with Crippen LogP contribution in [0.15, 0.2) is 23.2 Å². The van der Waals surface area contributed by atoms with Crippen molar-refractivity contribution < 1.29 is 9.52 Å². The summed E-state index contributed by atoms with van der Waals surface area (Å²) in [7, 11) is 1.94. The number of carbonyl (C=O) groups is 1. The molecule has 1 aromatic carbocycles. The predicted octanol–water partition coefficient (Wildman–Crippen LogP) is 2.01. The van der Waals surface area contributed by atoms with E-state index < -0.39 is 0 Å². The molecule has 2 heterocycles. The molecule has 0 atom stereocenters. The van der Waals surface area contributed by atoms with Crippen molar-refractivity contribution in [3.63, 3.8) is 0 Å². The van der Waals surface area contributed by atoms with Crippen LogP contribution in [0.4, 0.5) is 5.95 Å². The largest absolute Gasteiger partial charge is 0.740 e. The number of benzene rings is 1. The number of carbonyl (C=O) groups excluding carboxylic acids is 1. The summed E-state index contributed by atoms with van der Waals surface area (Å²) in [5, 5.41) is 16.5. The number of fused-ring (bicyclic) bond motifs is 5. The van der Waals surface area contributed by atoms with Crippen LogP contribution in [0.1, 0.15) is 29.5 Å². The quantitative estimate of drug-likeness (QED) is 0.396. The van der Waals surface area contributed by atoms with Crippen LogP contribution in [0.5, 0.6) is 0 Å². The van der Waals surface area contributed by atoms with Crippen LogP contribution in [0.2, 0.25) is 0 Å². The standard InChI is InChI=1S/C20H27N5O2S/c1-13-8-14(2)16-9-15(13)11-22-6-4-5-7-24(3)12-19(26)28-18-10-17(16)25(27)20(21)23-18/h8-10,22H,4-7,11-12H2,1-3H3,(H2,21,23). The van der Waals surface area contributed by atoms with Gasteiger partial charge in [-0.1, -0.05) is 11.1 Å². The number of likely N-dealkylation sites (N-methyl/N-ethyl adjacent to an activating group) is 1. The van der Waals surface area contributed by atoms with E-state index in [4.69, 9.17) is 5.73 Å². The second-order valence-electron chi connectivity index (χ2n) is 7.32. The summed E-state index contributed by atoms with van der Waals surface area (Å²) < 4.78 is 0.638. The van der Waals surface area contributed by atoms with E-state index in [1.807, 2.05) is 24.9 Å². The van der Waals surface area contributed by atoms with Gasteiger partial charge in [-0.05, 0) is 81.3 Å². The molecule has 8 heteroatoms. The Balaban J connectivity index is 2.06. The molecule has 28 heavy (non-hydrogen) atoms. The Bertz CT molecular complexity index is 887. The Hall–Kier alpha value is -2.16. The molecule has 1 aliphatic heterocycles. The number of nitrogens with one attached hydrogen (secondary N) is 1. The van der Waals surface area contributed by atoms with Crippen molar-refractivity contribution in [1.82, 2.24) is 15.2 Å². The van der Waals surface area contributed by atoms with Gasteiger partial charge in [0.05, 0.1) is 6.54 Å². The number of anilines is 1. The van der Waals surface area contributed by atoms with Crippen molar-refractivity contribution in [2.75, 3.05) is 32.4 Å². The average Bonchev–Trinajstić information content (AvgIpc) is 2.61. The molecule has 4 bridgehead atoms. The summed E-state index contributed by atoms with van der Waals surface area (Å²) in [4.78, 5) is 18.5. The first-order valence-corrected chi connectivity index (χ1v) is 10.3. The first kappa shape index (κ1) is 20.6. The molecular weight excluding hydrogens is 374 g/mol. The maximum atomic E-state index is 12.6. The Kier molecular flexibility index (Phi) is 6.53. The second-order valence-corrected chi connectivity index (χ2v) is 8.40. The van der Waals surface area contributed by atoms with Gasteiger partial charge in [0.2, 0.25) is 5.12 Å². The van der Waals surface area contributed by atoms with Crippen molar-refractivity contribution in [1.29, 1.82) is 0 Å². The van der Waals surface area contributed by atoms with Crippen LogP contribution in [0, 0.1) is 19.1 Å². The zero-order valence-electron chi connectivity index (χ0n) is 16.6. The fourth-order valence-corrected chi connectivity index (χ4v) is 4.22. The SMILES string of the molecule is Cc1cc(C)c2cc1CNCCCCN(C)CC(=O)Sc1cc-2[n+]([O-])c(N)n1. The number of nitrogen functional groups attached to an aromatic ring is 1. The molecule has 0 amide bonds. The van der Waals surface area contributed by atoms with E-state index in [1.54, 1.807) is 6.07 Å². The van der Waals surface area contributed by atoms with E-state index in [0.717, 1.165) is 60.9 Å². The summed E-state index contributed by atoms with van der Waals surface area (Å²) in [6.07, 6.45) is 2.07. The highest BCUT2D eigenvalue weighted by Crippen LogP contribution is 2.28. The van der Waals surface area contributed by atoms with Crippen LogP contribution in [-0.4, -0.2) is 41.7 Å². The number of nitrogens with two attached hydrogens (primary N) is 1. The minimum atomic E-state index is -0.151. The highest BCUT2D eigenvalue weighted by Gasteiger charge is 2.19. The van der Waals surface area contributed by atoms with Gasteiger partial charge < -0.3 is 10.5 Å². The third kappa shape index (κ3) is 4.81. The molecule has 1 aliphatic rings. The number of aryl methyl sites for hydroxylation is 2. The van der Waals surface area contributed by atoms with Gasteiger partial charge in [-0.25, -0.2) is 4.73 Å². The maximum Gasteiger partial charge on any atom is 0.391 e.